The first-order valence-electron chi connectivity index (χ1n) is 17.8. The minimum Gasteiger partial charge on any atom is -0.309 e. The maximum absolute atomic E-state index is 2.48. The number of para-hydroxylation sites is 1. The van der Waals surface area contributed by atoms with E-state index in [1.165, 1.54) is 91.9 Å². The maximum atomic E-state index is 2.48. The summed E-state index contributed by atoms with van der Waals surface area (Å²) in [4.78, 5) is 2.48. The third-order valence-electron chi connectivity index (χ3n) is 10.7. The Morgan fingerprint density at radius 1 is 0.327 bits per heavy atom. The van der Waals surface area contributed by atoms with E-state index >= 15 is 0 Å². The van der Waals surface area contributed by atoms with Gasteiger partial charge in [0.25, 0.3) is 0 Å². The molecule has 242 valence electrons. The molecule has 10 aromatic rings. The number of benzene rings is 9. The van der Waals surface area contributed by atoms with Gasteiger partial charge < -0.3 is 4.90 Å². The van der Waals surface area contributed by atoms with Gasteiger partial charge in [0.05, 0.1) is 5.69 Å². The molecule has 0 fully saturated rings. The van der Waals surface area contributed by atoms with Crippen LogP contribution in [0, 0.1) is 0 Å². The molecule has 0 atom stereocenters. The topological polar surface area (TPSA) is 3.24 Å². The average Bonchev–Trinajstić information content (AvgIpc) is 3.60. The number of anilines is 3. The van der Waals surface area contributed by atoms with Crippen molar-refractivity contribution in [3.63, 3.8) is 0 Å². The highest BCUT2D eigenvalue weighted by Gasteiger charge is 2.26. The molecule has 0 N–H and O–H groups in total. The number of rotatable bonds is 5. The first-order valence-corrected chi connectivity index (χ1v) is 18.7. The second-order valence-corrected chi connectivity index (χ2v) is 14.8. The lowest BCUT2D eigenvalue weighted by molar-refractivity contribution is 1.31. The highest BCUT2D eigenvalue weighted by molar-refractivity contribution is 7.26. The Bertz CT molecular complexity index is 3000. The van der Waals surface area contributed by atoms with Gasteiger partial charge in [0.15, 0.2) is 0 Å². The maximum Gasteiger partial charge on any atom is 0.0633 e. The van der Waals surface area contributed by atoms with Crippen LogP contribution in [-0.4, -0.2) is 0 Å². The summed E-state index contributed by atoms with van der Waals surface area (Å²) in [7, 11) is 0. The Hall–Kier alpha value is -6.48. The molecular weight excluding hydrogens is 647 g/mol. The van der Waals surface area contributed by atoms with Crippen molar-refractivity contribution in [3.8, 4) is 44.5 Å². The van der Waals surface area contributed by atoms with Gasteiger partial charge in [-0.1, -0.05) is 121 Å². The fourth-order valence-corrected chi connectivity index (χ4v) is 9.34. The van der Waals surface area contributed by atoms with Crippen molar-refractivity contribution in [3.05, 3.63) is 188 Å². The molecule has 0 spiro atoms. The van der Waals surface area contributed by atoms with Crippen LogP contribution in [0.2, 0.25) is 0 Å². The minimum atomic E-state index is 1.14. The van der Waals surface area contributed by atoms with E-state index in [4.69, 9.17) is 0 Å². The molecule has 0 saturated carbocycles. The highest BCUT2D eigenvalue weighted by Crippen LogP contribution is 2.53. The van der Waals surface area contributed by atoms with Crippen LogP contribution >= 0.6 is 11.3 Å². The summed E-state index contributed by atoms with van der Waals surface area (Å²) in [6.07, 6.45) is 0. The zero-order valence-corrected chi connectivity index (χ0v) is 29.1. The van der Waals surface area contributed by atoms with Crippen molar-refractivity contribution in [2.24, 2.45) is 0 Å². The van der Waals surface area contributed by atoms with E-state index in [1.807, 2.05) is 11.3 Å². The molecule has 0 unspecified atom stereocenters. The molecule has 1 aliphatic carbocycles. The van der Waals surface area contributed by atoms with Crippen LogP contribution in [0.3, 0.4) is 0 Å². The van der Waals surface area contributed by atoms with E-state index in [0.717, 1.165) is 11.4 Å². The van der Waals surface area contributed by atoms with Crippen molar-refractivity contribution in [2.45, 2.75) is 0 Å². The number of nitrogens with zero attached hydrogens (tertiary/aromatic N) is 1. The number of hydrogen-bond acceptors (Lipinski definition) is 2. The molecule has 1 aromatic heterocycles. The summed E-state index contributed by atoms with van der Waals surface area (Å²) in [5.41, 5.74) is 13.7. The molecule has 0 saturated heterocycles. The summed E-state index contributed by atoms with van der Waals surface area (Å²) in [5, 5.41) is 7.63. The van der Waals surface area contributed by atoms with Crippen molar-refractivity contribution < 1.29 is 0 Å². The summed E-state index contributed by atoms with van der Waals surface area (Å²) in [6, 6.07) is 69.2. The molecule has 0 aliphatic heterocycles. The van der Waals surface area contributed by atoms with E-state index in [1.54, 1.807) is 0 Å². The second kappa shape index (κ2) is 11.5. The first-order chi connectivity index (χ1) is 25.8. The predicted octanol–water partition coefficient (Wildman–Crippen LogP) is 14.8. The number of fused-ring (bicyclic) bond motifs is 9. The summed E-state index contributed by atoms with van der Waals surface area (Å²) < 4.78 is 2.59. The number of thiophene rings is 1. The molecule has 2 heteroatoms. The minimum absolute atomic E-state index is 1.14. The van der Waals surface area contributed by atoms with E-state index < -0.39 is 0 Å². The van der Waals surface area contributed by atoms with Gasteiger partial charge in [-0.2, -0.15) is 0 Å². The SMILES string of the molecule is c1ccc(-c2ccc3cc4c(cc3c2)-c2cc3cc(N(c5ccccc5)c5c(-c6ccccc6)ccc6sc7ccccc7c56)ccc3cc2-4)cc1. The van der Waals surface area contributed by atoms with Gasteiger partial charge in [-0.15, -0.1) is 11.3 Å². The molecule has 9 aromatic carbocycles. The van der Waals surface area contributed by atoms with Gasteiger partial charge in [0.2, 0.25) is 0 Å². The Morgan fingerprint density at radius 3 is 1.62 bits per heavy atom. The monoisotopic (exact) mass is 677 g/mol. The molecule has 0 radical (unpaired) electrons. The fourth-order valence-electron chi connectivity index (χ4n) is 8.23. The third kappa shape index (κ3) is 4.55. The molecule has 11 rings (SSSR count). The van der Waals surface area contributed by atoms with Crippen molar-refractivity contribution in [2.75, 3.05) is 4.90 Å². The first kappa shape index (κ1) is 29.3. The lowest BCUT2D eigenvalue weighted by Crippen LogP contribution is -2.11. The molecule has 1 aliphatic rings. The Kier molecular flexibility index (Phi) is 6.49. The van der Waals surface area contributed by atoms with Crippen LogP contribution in [0.15, 0.2) is 188 Å². The van der Waals surface area contributed by atoms with Gasteiger partial charge in [0.1, 0.15) is 0 Å². The van der Waals surface area contributed by atoms with Crippen LogP contribution in [-0.2, 0) is 0 Å². The molecule has 0 amide bonds. The Balaban J connectivity index is 1.11. The quantitative estimate of drug-likeness (QED) is 0.175. The van der Waals surface area contributed by atoms with Crippen LogP contribution in [0.5, 0.6) is 0 Å². The van der Waals surface area contributed by atoms with E-state index in [2.05, 4.69) is 193 Å². The smallest absolute Gasteiger partial charge is 0.0633 e. The standard InChI is InChI=1S/C50H31NS/c1-4-12-32(13-5-1)34-20-21-35-28-43-44-29-36-22-23-40(27-38(36)31-46(44)45(43)30-37(35)26-34)51(39-16-8-3-9-17-39)50-41(33-14-6-2-7-15-33)24-25-48-49(50)42-18-10-11-19-47(42)52-48/h1-31H. The Labute approximate surface area is 306 Å². The molecule has 52 heavy (non-hydrogen) atoms. The average molecular weight is 678 g/mol. The van der Waals surface area contributed by atoms with E-state index in [0.29, 0.717) is 0 Å². The fraction of sp³-hybridized carbons (Fsp3) is 0. The normalized spacial score (nSPS) is 11.8. The van der Waals surface area contributed by atoms with Crippen molar-refractivity contribution in [1.29, 1.82) is 0 Å². The van der Waals surface area contributed by atoms with Crippen LogP contribution in [0.4, 0.5) is 17.1 Å². The molecule has 1 heterocycles. The third-order valence-corrected chi connectivity index (χ3v) is 11.9. The van der Waals surface area contributed by atoms with E-state index in [9.17, 15) is 0 Å². The van der Waals surface area contributed by atoms with E-state index in [-0.39, 0.29) is 0 Å². The van der Waals surface area contributed by atoms with Gasteiger partial charge in [0, 0.05) is 37.1 Å². The Morgan fingerprint density at radius 2 is 0.904 bits per heavy atom. The summed E-state index contributed by atoms with van der Waals surface area (Å²) in [5.74, 6) is 0. The van der Waals surface area contributed by atoms with Crippen molar-refractivity contribution in [1.82, 2.24) is 0 Å². The zero-order chi connectivity index (χ0) is 34.2. The largest absolute Gasteiger partial charge is 0.309 e. The molecule has 0 bridgehead atoms. The summed E-state index contributed by atoms with van der Waals surface area (Å²) in [6.45, 7) is 0. The lowest BCUT2D eigenvalue weighted by atomic mass is 9.77. The van der Waals surface area contributed by atoms with Crippen LogP contribution < -0.4 is 4.90 Å². The highest BCUT2D eigenvalue weighted by atomic mass is 32.1. The summed E-state index contributed by atoms with van der Waals surface area (Å²) >= 11 is 1.87. The molecule has 1 nitrogen and oxygen atoms in total. The second-order valence-electron chi connectivity index (χ2n) is 13.7. The zero-order valence-electron chi connectivity index (χ0n) is 28.3. The van der Waals surface area contributed by atoms with Crippen molar-refractivity contribution >= 4 is 70.1 Å². The predicted molar refractivity (Wildman–Crippen MR) is 224 cm³/mol. The number of hydrogen-bond donors (Lipinski definition) is 0. The lowest BCUT2D eigenvalue weighted by Gasteiger charge is -2.30. The van der Waals surface area contributed by atoms with Gasteiger partial charge in [-0.3, -0.25) is 0 Å². The molecular formula is C50H31NS. The van der Waals surface area contributed by atoms with Crippen LogP contribution in [0.1, 0.15) is 0 Å². The van der Waals surface area contributed by atoms with Gasteiger partial charge in [-0.05, 0) is 127 Å². The van der Waals surface area contributed by atoms with Crippen LogP contribution in [0.25, 0.3) is 86.2 Å². The van der Waals surface area contributed by atoms with Gasteiger partial charge in [-0.25, -0.2) is 0 Å². The van der Waals surface area contributed by atoms with Gasteiger partial charge >= 0.3 is 0 Å².